The molecule has 27 heavy (non-hydrogen) atoms. The summed E-state index contributed by atoms with van der Waals surface area (Å²) >= 11 is 12.4. The molecule has 1 saturated heterocycles. The van der Waals surface area contributed by atoms with E-state index in [1.165, 1.54) is 10.6 Å². The van der Waals surface area contributed by atoms with Gasteiger partial charge in [0, 0.05) is 55.6 Å². The summed E-state index contributed by atoms with van der Waals surface area (Å²) in [6.07, 6.45) is -15.1. The Morgan fingerprint density at radius 1 is 1.26 bits per heavy atom. The highest BCUT2D eigenvalue weighted by molar-refractivity contribution is 6.43. The summed E-state index contributed by atoms with van der Waals surface area (Å²) in [6, 6.07) is -0.166. The van der Waals surface area contributed by atoms with Gasteiger partial charge in [-0.05, 0) is 56.5 Å². The number of halogens is 2. The standard InChI is InChI=1S/C20H30Cl2N4O/c1-23-20(27)24-16-7-5-15(6-8-16)9-10-25-11-13-26(14-12-25)18-4-2-3-17(21)19(18)22/h2-4,15-16H,5-14H2,1H3,(H2,23,24,27)/i1D3,5D2,6D2,7D2,8D2,15D,16D. The van der Waals surface area contributed by atoms with Gasteiger partial charge < -0.3 is 15.5 Å². The number of hydrogen-bond acceptors (Lipinski definition) is 3. The van der Waals surface area contributed by atoms with Crippen LogP contribution in [-0.4, -0.2) is 56.6 Å². The maximum Gasteiger partial charge on any atom is 0.314 e. The van der Waals surface area contributed by atoms with E-state index >= 15 is 0 Å². The second-order valence-electron chi connectivity index (χ2n) is 6.08. The molecule has 0 bridgehead atoms. The number of benzene rings is 1. The van der Waals surface area contributed by atoms with Crippen molar-refractivity contribution in [3.05, 3.63) is 28.2 Å². The van der Waals surface area contributed by atoms with Crippen molar-refractivity contribution in [2.75, 3.05) is 44.6 Å². The van der Waals surface area contributed by atoms with Gasteiger partial charge in [0.2, 0.25) is 0 Å². The second kappa shape index (κ2) is 9.85. The number of nitrogens with one attached hydrogen (secondary N) is 2. The molecule has 0 aromatic heterocycles. The highest BCUT2D eigenvalue weighted by Crippen LogP contribution is 2.33. The summed E-state index contributed by atoms with van der Waals surface area (Å²) in [5, 5.41) is 3.71. The van der Waals surface area contributed by atoms with E-state index in [1.54, 1.807) is 23.1 Å². The number of amides is 2. The van der Waals surface area contributed by atoms with Gasteiger partial charge in [-0.25, -0.2) is 4.79 Å². The highest BCUT2D eigenvalue weighted by Gasteiger charge is 2.24. The van der Waals surface area contributed by atoms with Crippen molar-refractivity contribution < 1.29 is 22.6 Å². The van der Waals surface area contributed by atoms with Crippen LogP contribution in [-0.2, 0) is 0 Å². The number of carbonyl (C=O) groups excluding carboxylic acids is 1. The second-order valence-corrected chi connectivity index (χ2v) is 6.87. The average Bonchev–Trinajstić information content (AvgIpc) is 2.82. The first-order valence-electron chi connectivity index (χ1n) is 15.0. The Balaban J connectivity index is 1.85. The molecule has 1 aliphatic heterocycles. The van der Waals surface area contributed by atoms with Gasteiger partial charge in [-0.15, -0.1) is 0 Å². The molecule has 1 saturated carbocycles. The lowest BCUT2D eigenvalue weighted by molar-refractivity contribution is 0.206. The van der Waals surface area contributed by atoms with Crippen molar-refractivity contribution in [2.24, 2.45) is 5.89 Å². The Hall–Kier alpha value is -1.17. The fraction of sp³-hybridized carbons (Fsp3) is 0.650. The summed E-state index contributed by atoms with van der Waals surface area (Å²) in [7, 11) is 0. The summed E-state index contributed by atoms with van der Waals surface area (Å²) < 4.78 is 107. The maximum atomic E-state index is 12.2. The average molecular weight is 426 g/mol. The van der Waals surface area contributed by atoms with Gasteiger partial charge in [0.15, 0.2) is 0 Å². The number of anilines is 1. The van der Waals surface area contributed by atoms with Gasteiger partial charge >= 0.3 is 6.03 Å². The van der Waals surface area contributed by atoms with Gasteiger partial charge in [-0.2, -0.15) is 0 Å². The molecular formula is C20H30Cl2N4O. The molecule has 0 unspecified atom stereocenters. The number of nitrogens with zero attached hydrogens (tertiary/aromatic N) is 2. The summed E-state index contributed by atoms with van der Waals surface area (Å²) in [5.41, 5.74) is 0.717. The number of hydrogen-bond donors (Lipinski definition) is 2. The third kappa shape index (κ3) is 5.66. The van der Waals surface area contributed by atoms with Crippen molar-refractivity contribution in [2.45, 2.75) is 37.9 Å². The summed E-state index contributed by atoms with van der Waals surface area (Å²) in [4.78, 5) is 16.0. The lowest BCUT2D eigenvalue weighted by atomic mass is 9.84. The van der Waals surface area contributed by atoms with E-state index in [1.807, 2.05) is 4.90 Å². The van der Waals surface area contributed by atoms with Gasteiger partial charge in [-0.3, -0.25) is 4.90 Å². The number of rotatable bonds is 5. The first-order valence-corrected chi connectivity index (χ1v) is 9.24. The molecule has 5 nitrogen and oxygen atoms in total. The fourth-order valence-electron chi connectivity index (χ4n) is 2.89. The Morgan fingerprint density at radius 2 is 2.00 bits per heavy atom. The third-order valence-electron chi connectivity index (χ3n) is 4.35. The Labute approximate surface area is 190 Å². The van der Waals surface area contributed by atoms with E-state index in [0.29, 0.717) is 41.9 Å². The Morgan fingerprint density at radius 3 is 2.70 bits per heavy atom. The van der Waals surface area contributed by atoms with Crippen molar-refractivity contribution in [3.63, 3.8) is 0 Å². The molecule has 3 rings (SSSR count). The van der Waals surface area contributed by atoms with Gasteiger partial charge in [0.1, 0.15) is 0 Å². The van der Waals surface area contributed by atoms with E-state index in [4.69, 9.17) is 41.0 Å². The minimum atomic E-state index is -3.69. The smallest absolute Gasteiger partial charge is 0.314 e. The van der Waals surface area contributed by atoms with Crippen LogP contribution < -0.4 is 15.5 Å². The zero-order chi connectivity index (χ0) is 30.7. The number of carbonyl (C=O) groups is 1. The first-order chi connectivity index (χ1) is 18.0. The molecule has 1 aromatic carbocycles. The quantitative estimate of drug-likeness (QED) is 0.749. The van der Waals surface area contributed by atoms with Gasteiger partial charge in [-0.1, -0.05) is 29.3 Å². The highest BCUT2D eigenvalue weighted by atomic mass is 35.5. The van der Waals surface area contributed by atoms with Crippen LogP contribution in [0.4, 0.5) is 10.5 Å². The van der Waals surface area contributed by atoms with E-state index in [9.17, 15) is 4.79 Å². The fourth-order valence-corrected chi connectivity index (χ4v) is 3.30. The Kier molecular flexibility index (Phi) is 3.49. The van der Waals surface area contributed by atoms with E-state index < -0.39 is 56.8 Å². The monoisotopic (exact) mass is 425 g/mol. The van der Waals surface area contributed by atoms with E-state index in [-0.39, 0.29) is 6.54 Å². The molecule has 1 aromatic rings. The lowest BCUT2D eigenvalue weighted by Gasteiger charge is -2.37. The van der Waals surface area contributed by atoms with Crippen molar-refractivity contribution >= 4 is 34.9 Å². The Bertz CT molecular complexity index is 1100. The molecule has 1 aliphatic carbocycles. The summed E-state index contributed by atoms with van der Waals surface area (Å²) in [6.45, 7) is -1.48. The van der Waals surface area contributed by atoms with Crippen molar-refractivity contribution in [1.29, 1.82) is 0 Å². The van der Waals surface area contributed by atoms with Crippen LogP contribution in [0, 0.1) is 5.89 Å². The maximum absolute atomic E-state index is 12.2. The molecule has 1 heterocycles. The predicted molar refractivity (Wildman–Crippen MR) is 113 cm³/mol. The lowest BCUT2D eigenvalue weighted by Crippen LogP contribution is -2.47. The van der Waals surface area contributed by atoms with Crippen LogP contribution in [0.3, 0.4) is 0 Å². The van der Waals surface area contributed by atoms with Crippen molar-refractivity contribution in [3.8, 4) is 0 Å². The first kappa shape index (κ1) is 9.55. The van der Waals surface area contributed by atoms with Crippen LogP contribution in [0.5, 0.6) is 0 Å². The molecule has 2 aliphatic rings. The topological polar surface area (TPSA) is 47.6 Å². The van der Waals surface area contributed by atoms with Crippen LogP contribution in [0.1, 0.15) is 49.7 Å². The van der Waals surface area contributed by atoms with Crippen LogP contribution in [0.15, 0.2) is 18.2 Å². The molecule has 0 spiro atoms. The van der Waals surface area contributed by atoms with E-state index in [0.717, 1.165) is 0 Å². The SMILES string of the molecule is [2H]C([2H])([2H])NC(=O)NC1([2H])C([2H])([2H])C([2H])([2H])C([2H])(CCN2CCN(c3cccc(Cl)c3Cl)CC2)C([2H])([2H])C1([2H])[2H]. The van der Waals surface area contributed by atoms with Gasteiger partial charge in [0.05, 0.1) is 17.1 Å². The molecule has 2 N–H and O–H groups in total. The summed E-state index contributed by atoms with van der Waals surface area (Å²) in [5.74, 6) is -3.06. The minimum absolute atomic E-state index is 0.0935. The van der Waals surface area contributed by atoms with Crippen LogP contribution >= 0.6 is 23.2 Å². The largest absolute Gasteiger partial charge is 0.368 e. The van der Waals surface area contributed by atoms with Crippen LogP contribution in [0.25, 0.3) is 0 Å². The number of urea groups is 1. The molecule has 2 fully saturated rings. The number of piperazine rings is 1. The molecule has 0 atom stereocenters. The zero-order valence-corrected chi connectivity index (χ0v) is 16.0. The molecule has 150 valence electrons. The molecule has 0 radical (unpaired) electrons. The van der Waals surface area contributed by atoms with Crippen LogP contribution in [0.2, 0.25) is 10.0 Å². The molecule has 7 heteroatoms. The van der Waals surface area contributed by atoms with E-state index in [2.05, 4.69) is 0 Å². The molecular weight excluding hydrogens is 383 g/mol. The zero-order valence-electron chi connectivity index (χ0n) is 27.5. The minimum Gasteiger partial charge on any atom is -0.368 e. The van der Waals surface area contributed by atoms with Gasteiger partial charge in [0.25, 0.3) is 0 Å². The third-order valence-corrected chi connectivity index (χ3v) is 5.16. The normalized spacial score (nSPS) is 44.4. The molecule has 2 amide bonds. The predicted octanol–water partition coefficient (Wildman–Crippen LogP) is 3.99. The van der Waals surface area contributed by atoms with Crippen molar-refractivity contribution in [1.82, 2.24) is 15.5 Å².